The van der Waals surface area contributed by atoms with Crippen molar-refractivity contribution in [3.8, 4) is 0 Å². The second kappa shape index (κ2) is 5.22. The Morgan fingerprint density at radius 1 is 1.44 bits per heavy atom. The van der Waals surface area contributed by atoms with Gasteiger partial charge in [-0.15, -0.1) is 0 Å². The minimum Gasteiger partial charge on any atom is -0.393 e. The van der Waals surface area contributed by atoms with Crippen molar-refractivity contribution >= 4 is 17.1 Å². The summed E-state index contributed by atoms with van der Waals surface area (Å²) in [5.41, 5.74) is 6.72. The van der Waals surface area contributed by atoms with Gasteiger partial charge >= 0.3 is 0 Å². The van der Waals surface area contributed by atoms with Crippen LogP contribution in [0.4, 0.5) is 17.1 Å². The van der Waals surface area contributed by atoms with Crippen LogP contribution in [0.1, 0.15) is 6.92 Å². The average Bonchev–Trinajstić information content (AvgIpc) is 2.39. The molecule has 2 rings (SSSR count). The van der Waals surface area contributed by atoms with Crippen molar-refractivity contribution in [2.24, 2.45) is 0 Å². The van der Waals surface area contributed by atoms with Crippen molar-refractivity contribution in [3.05, 3.63) is 28.3 Å². The highest BCUT2D eigenvalue weighted by Crippen LogP contribution is 2.27. The lowest BCUT2D eigenvalue weighted by molar-refractivity contribution is -0.898. The van der Waals surface area contributed by atoms with Crippen molar-refractivity contribution in [2.75, 3.05) is 43.4 Å². The Bertz CT molecular complexity index is 442. The number of nitrogens with zero attached hydrogens (tertiary/aromatic N) is 2. The number of nitrogens with two attached hydrogens (primary N) is 1. The van der Waals surface area contributed by atoms with Gasteiger partial charge in [-0.05, 0) is 19.1 Å². The molecule has 1 fully saturated rings. The molecule has 1 aromatic rings. The standard InChI is InChI=1S/C12H18N4O2/c1-2-14-5-7-15(8-6-14)10-3-4-11(13)12(9-10)16(17)18/h3-4,9H,2,5-8,13H2,1H3/p+1. The van der Waals surface area contributed by atoms with Gasteiger partial charge in [-0.3, -0.25) is 10.1 Å². The molecule has 98 valence electrons. The van der Waals surface area contributed by atoms with Gasteiger partial charge in [0, 0.05) is 11.8 Å². The number of benzene rings is 1. The number of rotatable bonds is 3. The van der Waals surface area contributed by atoms with Gasteiger partial charge in [0.15, 0.2) is 0 Å². The number of nitrogens with one attached hydrogen (secondary N) is 1. The first-order valence-corrected chi connectivity index (χ1v) is 6.24. The molecule has 0 saturated carbocycles. The van der Waals surface area contributed by atoms with Gasteiger partial charge in [-0.1, -0.05) is 0 Å². The van der Waals surface area contributed by atoms with E-state index in [1.807, 2.05) is 6.07 Å². The summed E-state index contributed by atoms with van der Waals surface area (Å²) in [6.45, 7) is 7.34. The number of anilines is 2. The molecule has 1 aliphatic rings. The first-order chi connectivity index (χ1) is 8.61. The summed E-state index contributed by atoms with van der Waals surface area (Å²) < 4.78 is 0. The molecular weight excluding hydrogens is 232 g/mol. The summed E-state index contributed by atoms with van der Waals surface area (Å²) in [7, 11) is 0. The lowest BCUT2D eigenvalue weighted by atomic mass is 10.2. The highest BCUT2D eigenvalue weighted by molar-refractivity contribution is 5.66. The molecule has 0 unspecified atom stereocenters. The predicted octanol–water partition coefficient (Wildman–Crippen LogP) is -0.0982. The van der Waals surface area contributed by atoms with Gasteiger partial charge < -0.3 is 15.5 Å². The van der Waals surface area contributed by atoms with Crippen molar-refractivity contribution in [3.63, 3.8) is 0 Å². The fraction of sp³-hybridized carbons (Fsp3) is 0.500. The highest BCUT2D eigenvalue weighted by atomic mass is 16.6. The molecule has 0 radical (unpaired) electrons. The van der Waals surface area contributed by atoms with E-state index in [4.69, 9.17) is 5.73 Å². The molecule has 0 bridgehead atoms. The van der Waals surface area contributed by atoms with Crippen LogP contribution in [0.3, 0.4) is 0 Å². The molecule has 18 heavy (non-hydrogen) atoms. The highest BCUT2D eigenvalue weighted by Gasteiger charge is 2.21. The largest absolute Gasteiger partial charge is 0.393 e. The summed E-state index contributed by atoms with van der Waals surface area (Å²) in [4.78, 5) is 14.2. The van der Waals surface area contributed by atoms with Crippen molar-refractivity contribution in [1.29, 1.82) is 0 Å². The van der Waals surface area contributed by atoms with Crippen LogP contribution in [0.15, 0.2) is 18.2 Å². The Balaban J connectivity index is 2.15. The van der Waals surface area contributed by atoms with Crippen LogP contribution in [0.5, 0.6) is 0 Å². The number of nitrogen functional groups attached to an aromatic ring is 1. The molecule has 1 aliphatic heterocycles. The van der Waals surface area contributed by atoms with E-state index in [0.717, 1.165) is 38.4 Å². The summed E-state index contributed by atoms with van der Waals surface area (Å²) in [5, 5.41) is 10.9. The zero-order chi connectivity index (χ0) is 13.1. The van der Waals surface area contributed by atoms with Crippen molar-refractivity contribution in [1.82, 2.24) is 0 Å². The SMILES string of the molecule is CC[NH+]1CCN(c2ccc(N)c([N+](=O)[O-])c2)CC1. The molecule has 0 spiro atoms. The van der Waals surface area contributed by atoms with E-state index in [9.17, 15) is 10.1 Å². The molecule has 3 N–H and O–H groups in total. The number of quaternary nitrogens is 1. The molecule has 1 saturated heterocycles. The molecule has 1 aromatic carbocycles. The van der Waals surface area contributed by atoms with E-state index in [2.05, 4.69) is 11.8 Å². The first kappa shape index (κ1) is 12.6. The fourth-order valence-corrected chi connectivity index (χ4v) is 2.32. The Morgan fingerprint density at radius 3 is 2.67 bits per heavy atom. The van der Waals surface area contributed by atoms with Gasteiger partial charge in [0.25, 0.3) is 5.69 Å². The summed E-state index contributed by atoms with van der Waals surface area (Å²) in [5.74, 6) is 0. The van der Waals surface area contributed by atoms with E-state index >= 15 is 0 Å². The zero-order valence-corrected chi connectivity index (χ0v) is 10.6. The topological polar surface area (TPSA) is 76.8 Å². The number of likely N-dealkylation sites (N-methyl/N-ethyl adjacent to an activating group) is 1. The minimum atomic E-state index is -0.424. The maximum Gasteiger partial charge on any atom is 0.294 e. The third kappa shape index (κ3) is 2.53. The third-order valence-electron chi connectivity index (χ3n) is 3.55. The number of nitro groups is 1. The van der Waals surface area contributed by atoms with Crippen LogP contribution in [0.25, 0.3) is 0 Å². The first-order valence-electron chi connectivity index (χ1n) is 6.24. The van der Waals surface area contributed by atoms with Gasteiger partial charge in [-0.2, -0.15) is 0 Å². The fourth-order valence-electron chi connectivity index (χ4n) is 2.32. The Morgan fingerprint density at radius 2 is 2.11 bits per heavy atom. The maximum atomic E-state index is 10.9. The van der Waals surface area contributed by atoms with E-state index in [1.54, 1.807) is 17.0 Å². The molecule has 6 nitrogen and oxygen atoms in total. The summed E-state index contributed by atoms with van der Waals surface area (Å²) >= 11 is 0. The minimum absolute atomic E-state index is 0.00207. The number of piperazine rings is 1. The normalized spacial score (nSPS) is 16.8. The van der Waals surface area contributed by atoms with E-state index in [1.165, 1.54) is 0 Å². The average molecular weight is 251 g/mol. The van der Waals surface area contributed by atoms with E-state index in [0.29, 0.717) is 0 Å². The summed E-state index contributed by atoms with van der Waals surface area (Å²) in [6, 6.07) is 5.05. The predicted molar refractivity (Wildman–Crippen MR) is 71.0 cm³/mol. The molecule has 0 atom stereocenters. The molecule has 0 aliphatic carbocycles. The molecule has 6 heteroatoms. The van der Waals surface area contributed by atoms with Gasteiger partial charge in [-0.25, -0.2) is 0 Å². The third-order valence-corrected chi connectivity index (χ3v) is 3.55. The molecule has 0 amide bonds. The quantitative estimate of drug-likeness (QED) is 0.447. The summed E-state index contributed by atoms with van der Waals surface area (Å²) in [6.07, 6.45) is 0. The second-order valence-corrected chi connectivity index (χ2v) is 4.59. The lowest BCUT2D eigenvalue weighted by Gasteiger charge is -2.33. The van der Waals surface area contributed by atoms with E-state index < -0.39 is 4.92 Å². The number of nitro benzene ring substituents is 1. The van der Waals surface area contributed by atoms with Crippen LogP contribution in [0.2, 0.25) is 0 Å². The van der Waals surface area contributed by atoms with Crippen LogP contribution < -0.4 is 15.5 Å². The van der Waals surface area contributed by atoms with E-state index in [-0.39, 0.29) is 11.4 Å². The van der Waals surface area contributed by atoms with Crippen LogP contribution >= 0.6 is 0 Å². The lowest BCUT2D eigenvalue weighted by Crippen LogP contribution is -3.14. The number of hydrogen-bond donors (Lipinski definition) is 2. The molecule has 1 heterocycles. The maximum absolute atomic E-state index is 10.9. The van der Waals surface area contributed by atoms with Gasteiger partial charge in [0.05, 0.1) is 37.6 Å². The van der Waals surface area contributed by atoms with Gasteiger partial charge in [0.2, 0.25) is 0 Å². The monoisotopic (exact) mass is 251 g/mol. The van der Waals surface area contributed by atoms with Crippen LogP contribution in [0, 0.1) is 10.1 Å². The number of hydrogen-bond acceptors (Lipinski definition) is 4. The van der Waals surface area contributed by atoms with Gasteiger partial charge in [0.1, 0.15) is 5.69 Å². The molecule has 0 aromatic heterocycles. The van der Waals surface area contributed by atoms with Crippen molar-refractivity contribution in [2.45, 2.75) is 6.92 Å². The van der Waals surface area contributed by atoms with Crippen LogP contribution in [-0.2, 0) is 0 Å². The zero-order valence-electron chi connectivity index (χ0n) is 10.6. The van der Waals surface area contributed by atoms with Crippen LogP contribution in [-0.4, -0.2) is 37.6 Å². The smallest absolute Gasteiger partial charge is 0.294 e. The Labute approximate surface area is 106 Å². The molecular formula is C12H19N4O2+. The Hall–Kier alpha value is -1.82. The Kier molecular flexibility index (Phi) is 3.66. The van der Waals surface area contributed by atoms with Crippen molar-refractivity contribution < 1.29 is 9.82 Å². The second-order valence-electron chi connectivity index (χ2n) is 4.59.